The highest BCUT2D eigenvalue weighted by Crippen LogP contribution is 2.31. The summed E-state index contributed by atoms with van der Waals surface area (Å²) < 4.78 is 2.03. The summed E-state index contributed by atoms with van der Waals surface area (Å²) in [6, 6.07) is 6.55. The van der Waals surface area contributed by atoms with E-state index in [-0.39, 0.29) is 11.6 Å². The van der Waals surface area contributed by atoms with E-state index in [4.69, 9.17) is 0 Å². The number of likely N-dealkylation sites (N-methyl/N-ethyl adjacent to an activating group) is 1. The van der Waals surface area contributed by atoms with Crippen molar-refractivity contribution in [3.8, 4) is 0 Å². The molecule has 0 bridgehead atoms. The van der Waals surface area contributed by atoms with Gasteiger partial charge in [0.2, 0.25) is 5.82 Å². The second-order valence-corrected chi connectivity index (χ2v) is 9.57. The molecular formula is C23H33N7O+2. The minimum atomic E-state index is -0.155. The van der Waals surface area contributed by atoms with E-state index >= 15 is 0 Å². The Labute approximate surface area is 182 Å². The summed E-state index contributed by atoms with van der Waals surface area (Å²) in [5, 5.41) is 14.1. The van der Waals surface area contributed by atoms with Crippen molar-refractivity contribution in [2.45, 2.75) is 51.6 Å². The van der Waals surface area contributed by atoms with E-state index in [0.29, 0.717) is 6.04 Å². The summed E-state index contributed by atoms with van der Waals surface area (Å²) in [6.07, 6.45) is 4.65. The maximum Gasteiger partial charge on any atom is 0.258 e. The average molecular weight is 424 g/mol. The van der Waals surface area contributed by atoms with E-state index < -0.39 is 0 Å². The van der Waals surface area contributed by atoms with Gasteiger partial charge in [0, 0.05) is 0 Å². The fourth-order valence-corrected chi connectivity index (χ4v) is 5.55. The highest BCUT2D eigenvalue weighted by Gasteiger charge is 2.38. The van der Waals surface area contributed by atoms with Gasteiger partial charge in [-0.2, -0.15) is 0 Å². The molecule has 8 nitrogen and oxygen atoms in total. The zero-order chi connectivity index (χ0) is 21.5. The molecule has 3 aromatic rings. The highest BCUT2D eigenvalue weighted by molar-refractivity contribution is 5.83. The van der Waals surface area contributed by atoms with Crippen LogP contribution in [0.15, 0.2) is 23.0 Å². The van der Waals surface area contributed by atoms with Crippen molar-refractivity contribution in [1.82, 2.24) is 25.2 Å². The molecule has 2 fully saturated rings. The molecule has 31 heavy (non-hydrogen) atoms. The lowest BCUT2D eigenvalue weighted by Gasteiger charge is -2.33. The smallest absolute Gasteiger partial charge is 0.258 e. The standard InChI is InChI=1S/C23H31N7O/c1-15-12-16(2)20-17(13-15)14-19(23(31)24-20)21(29-10-8-28(3)9-11-29)22-25-26-27-30(22)18-6-4-5-7-18/h12-14,18,21H,4-11H2,1-3H3,(H,24,31)/p+2/t21-/m1/s1. The first-order valence-corrected chi connectivity index (χ1v) is 11.6. The van der Waals surface area contributed by atoms with Gasteiger partial charge in [0.05, 0.1) is 24.2 Å². The Bertz CT molecular complexity index is 1140. The van der Waals surface area contributed by atoms with Crippen molar-refractivity contribution in [2.24, 2.45) is 0 Å². The van der Waals surface area contributed by atoms with Gasteiger partial charge in [0.1, 0.15) is 26.2 Å². The van der Waals surface area contributed by atoms with Crippen LogP contribution in [0, 0.1) is 13.8 Å². The Balaban J connectivity index is 1.66. The van der Waals surface area contributed by atoms with Crippen LogP contribution >= 0.6 is 0 Å². The topological polar surface area (TPSA) is 85.3 Å². The van der Waals surface area contributed by atoms with Crippen LogP contribution in [0.1, 0.15) is 60.3 Å². The van der Waals surface area contributed by atoms with Crippen molar-refractivity contribution in [3.05, 3.63) is 51.1 Å². The fourth-order valence-electron chi connectivity index (χ4n) is 5.55. The van der Waals surface area contributed by atoms with Gasteiger partial charge < -0.3 is 14.8 Å². The van der Waals surface area contributed by atoms with E-state index in [1.165, 1.54) is 28.2 Å². The summed E-state index contributed by atoms with van der Waals surface area (Å²) in [4.78, 5) is 19.5. The van der Waals surface area contributed by atoms with Gasteiger partial charge >= 0.3 is 0 Å². The Kier molecular flexibility index (Phi) is 5.35. The number of nitrogens with one attached hydrogen (secondary N) is 3. The number of hydrogen-bond donors (Lipinski definition) is 3. The predicted octanol–water partition coefficient (Wildman–Crippen LogP) is -0.251. The van der Waals surface area contributed by atoms with Crippen LogP contribution in [0.3, 0.4) is 0 Å². The number of hydrogen-bond acceptors (Lipinski definition) is 4. The van der Waals surface area contributed by atoms with Crippen LogP contribution in [-0.4, -0.2) is 58.4 Å². The molecule has 1 aromatic carbocycles. The van der Waals surface area contributed by atoms with Crippen LogP contribution < -0.4 is 15.4 Å². The number of piperazine rings is 1. The molecule has 0 unspecified atom stereocenters. The number of pyridine rings is 1. The molecule has 8 heteroatoms. The van der Waals surface area contributed by atoms with Crippen molar-refractivity contribution in [2.75, 3.05) is 33.2 Å². The van der Waals surface area contributed by atoms with Gasteiger partial charge in [0.25, 0.3) is 5.56 Å². The van der Waals surface area contributed by atoms with Crippen molar-refractivity contribution in [1.29, 1.82) is 0 Å². The number of aromatic amines is 1. The van der Waals surface area contributed by atoms with Gasteiger partial charge in [-0.3, -0.25) is 4.79 Å². The maximum absolute atomic E-state index is 13.4. The number of tetrazole rings is 1. The summed E-state index contributed by atoms with van der Waals surface area (Å²) in [7, 11) is 2.24. The van der Waals surface area contributed by atoms with Crippen molar-refractivity contribution < 1.29 is 9.80 Å². The Morgan fingerprint density at radius 2 is 1.84 bits per heavy atom. The summed E-state index contributed by atoms with van der Waals surface area (Å²) in [5.74, 6) is 0.843. The lowest BCUT2D eigenvalue weighted by molar-refractivity contribution is -1.02. The van der Waals surface area contributed by atoms with Gasteiger partial charge in [-0.25, -0.2) is 4.68 Å². The molecular weight excluding hydrogens is 390 g/mol. The fraction of sp³-hybridized carbons (Fsp3) is 0.565. The number of benzene rings is 1. The largest absolute Gasteiger partial charge is 0.328 e. The molecule has 2 aliphatic rings. The van der Waals surface area contributed by atoms with E-state index in [0.717, 1.165) is 66.9 Å². The van der Waals surface area contributed by atoms with Crippen molar-refractivity contribution >= 4 is 10.9 Å². The molecule has 0 amide bonds. The number of H-pyrrole nitrogens is 1. The van der Waals surface area contributed by atoms with E-state index in [9.17, 15) is 4.79 Å². The highest BCUT2D eigenvalue weighted by atomic mass is 16.1. The lowest BCUT2D eigenvalue weighted by Crippen LogP contribution is -3.27. The molecule has 0 spiro atoms. The molecule has 1 saturated carbocycles. The number of quaternary nitrogens is 2. The molecule has 1 aliphatic carbocycles. The zero-order valence-corrected chi connectivity index (χ0v) is 18.7. The second kappa shape index (κ2) is 8.16. The summed E-state index contributed by atoms with van der Waals surface area (Å²) >= 11 is 0. The van der Waals surface area contributed by atoms with Crippen molar-refractivity contribution in [3.63, 3.8) is 0 Å². The quantitative estimate of drug-likeness (QED) is 0.540. The zero-order valence-electron chi connectivity index (χ0n) is 18.7. The SMILES string of the molecule is Cc1cc(C)c2[nH]c(=O)c([C@H](c3nnnn3C3CCCC3)[NH+]3CC[NH+](C)CC3)cc2c1. The molecule has 1 saturated heterocycles. The maximum atomic E-state index is 13.4. The average Bonchev–Trinajstić information content (AvgIpc) is 3.42. The molecule has 2 aromatic heterocycles. The van der Waals surface area contributed by atoms with Gasteiger partial charge in [0.15, 0.2) is 6.04 Å². The number of nitrogens with zero attached hydrogens (tertiary/aromatic N) is 4. The Morgan fingerprint density at radius 1 is 1.10 bits per heavy atom. The molecule has 3 N–H and O–H groups in total. The van der Waals surface area contributed by atoms with E-state index in [1.807, 2.05) is 4.68 Å². The first-order valence-electron chi connectivity index (χ1n) is 11.6. The van der Waals surface area contributed by atoms with Gasteiger partial charge in [-0.15, -0.1) is 5.10 Å². The van der Waals surface area contributed by atoms with Gasteiger partial charge in [-0.05, 0) is 60.2 Å². The minimum Gasteiger partial charge on any atom is -0.328 e. The van der Waals surface area contributed by atoms with E-state index in [1.54, 1.807) is 0 Å². The molecule has 1 atom stereocenters. The number of rotatable bonds is 4. The summed E-state index contributed by atoms with van der Waals surface area (Å²) in [5.41, 5.74) is 3.98. The monoisotopic (exact) mass is 423 g/mol. The second-order valence-electron chi connectivity index (χ2n) is 9.57. The number of aromatic nitrogens is 5. The van der Waals surface area contributed by atoms with Crippen LogP contribution in [0.4, 0.5) is 0 Å². The third-order valence-corrected chi connectivity index (χ3v) is 7.23. The third kappa shape index (κ3) is 3.78. The first-order chi connectivity index (χ1) is 15.0. The Hall–Kier alpha value is -2.58. The minimum absolute atomic E-state index is 0.0239. The predicted molar refractivity (Wildman–Crippen MR) is 119 cm³/mol. The molecule has 3 heterocycles. The van der Waals surface area contributed by atoms with Crippen LogP contribution in [-0.2, 0) is 0 Å². The lowest BCUT2D eigenvalue weighted by atomic mass is 10.00. The van der Waals surface area contributed by atoms with Crippen LogP contribution in [0.2, 0.25) is 0 Å². The van der Waals surface area contributed by atoms with Crippen LogP contribution in [0.5, 0.6) is 0 Å². The Morgan fingerprint density at radius 3 is 2.58 bits per heavy atom. The van der Waals surface area contributed by atoms with Crippen LogP contribution in [0.25, 0.3) is 10.9 Å². The number of aryl methyl sites for hydroxylation is 2. The molecule has 1 aliphatic heterocycles. The molecule has 0 radical (unpaired) electrons. The number of fused-ring (bicyclic) bond motifs is 1. The third-order valence-electron chi connectivity index (χ3n) is 7.23. The van der Waals surface area contributed by atoms with Gasteiger partial charge in [-0.1, -0.05) is 24.5 Å². The van der Waals surface area contributed by atoms with E-state index in [2.05, 4.69) is 59.6 Å². The molecule has 164 valence electrons. The summed E-state index contributed by atoms with van der Waals surface area (Å²) in [6.45, 7) is 8.32. The normalized spacial score (nSPS) is 23.5. The molecule has 5 rings (SSSR count). The first kappa shape index (κ1) is 20.3.